The quantitative estimate of drug-likeness (QED) is 0.617. The SMILES string of the molecule is Cc1cc(C=O)c2nc(C)cn2c1. The van der Waals surface area contributed by atoms with E-state index >= 15 is 0 Å². The van der Waals surface area contributed by atoms with E-state index in [1.807, 2.05) is 36.7 Å². The van der Waals surface area contributed by atoms with Gasteiger partial charge >= 0.3 is 0 Å². The van der Waals surface area contributed by atoms with Crippen molar-refractivity contribution in [2.24, 2.45) is 0 Å². The number of rotatable bonds is 1. The summed E-state index contributed by atoms with van der Waals surface area (Å²) in [6, 6.07) is 1.84. The molecule has 0 aromatic carbocycles. The number of fused-ring (bicyclic) bond motifs is 1. The van der Waals surface area contributed by atoms with Crippen molar-refractivity contribution in [1.29, 1.82) is 0 Å². The molecule has 3 nitrogen and oxygen atoms in total. The number of aldehydes is 1. The average molecular weight is 174 g/mol. The number of aromatic nitrogens is 2. The normalized spacial score (nSPS) is 10.6. The number of carbonyl (C=O) groups excluding carboxylic acids is 1. The molecular weight excluding hydrogens is 164 g/mol. The number of pyridine rings is 1. The fourth-order valence-electron chi connectivity index (χ4n) is 1.48. The Morgan fingerprint density at radius 1 is 1.38 bits per heavy atom. The molecule has 66 valence electrons. The molecular formula is C10H10N2O. The number of aryl methyl sites for hydroxylation is 2. The topological polar surface area (TPSA) is 34.4 Å². The second kappa shape index (κ2) is 2.69. The standard InChI is InChI=1S/C10H10N2O/c1-7-3-9(6-13)10-11-8(2)5-12(10)4-7/h3-6H,1-2H3. The van der Waals surface area contributed by atoms with E-state index in [1.165, 1.54) is 0 Å². The van der Waals surface area contributed by atoms with Crippen LogP contribution in [0.25, 0.3) is 5.65 Å². The molecule has 0 atom stereocenters. The van der Waals surface area contributed by atoms with Crippen LogP contribution >= 0.6 is 0 Å². The van der Waals surface area contributed by atoms with Gasteiger partial charge in [-0.15, -0.1) is 0 Å². The van der Waals surface area contributed by atoms with Crippen LogP contribution in [-0.2, 0) is 0 Å². The zero-order valence-electron chi connectivity index (χ0n) is 7.61. The maximum atomic E-state index is 10.7. The highest BCUT2D eigenvalue weighted by Crippen LogP contribution is 2.11. The zero-order chi connectivity index (χ0) is 9.42. The summed E-state index contributed by atoms with van der Waals surface area (Å²) in [7, 11) is 0. The van der Waals surface area contributed by atoms with Crippen LogP contribution in [0.3, 0.4) is 0 Å². The molecule has 0 saturated carbocycles. The zero-order valence-corrected chi connectivity index (χ0v) is 7.61. The van der Waals surface area contributed by atoms with Gasteiger partial charge in [-0.05, 0) is 25.5 Å². The molecule has 2 aromatic heterocycles. The number of imidazole rings is 1. The Labute approximate surface area is 76.0 Å². The van der Waals surface area contributed by atoms with Gasteiger partial charge in [-0.25, -0.2) is 4.98 Å². The number of hydrogen-bond donors (Lipinski definition) is 0. The molecule has 0 unspecified atom stereocenters. The van der Waals surface area contributed by atoms with Crippen molar-refractivity contribution in [3.05, 3.63) is 35.3 Å². The van der Waals surface area contributed by atoms with Crippen molar-refractivity contribution in [3.8, 4) is 0 Å². The van der Waals surface area contributed by atoms with Crippen LogP contribution in [0.1, 0.15) is 21.6 Å². The van der Waals surface area contributed by atoms with Crippen LogP contribution < -0.4 is 0 Å². The molecule has 0 radical (unpaired) electrons. The molecule has 0 saturated heterocycles. The van der Waals surface area contributed by atoms with E-state index in [-0.39, 0.29) is 0 Å². The van der Waals surface area contributed by atoms with Gasteiger partial charge in [0.1, 0.15) is 5.65 Å². The van der Waals surface area contributed by atoms with E-state index in [2.05, 4.69) is 4.98 Å². The van der Waals surface area contributed by atoms with Gasteiger partial charge in [-0.2, -0.15) is 0 Å². The van der Waals surface area contributed by atoms with E-state index < -0.39 is 0 Å². The number of nitrogens with zero attached hydrogens (tertiary/aromatic N) is 2. The predicted octanol–water partition coefficient (Wildman–Crippen LogP) is 1.76. The Kier molecular flexibility index (Phi) is 1.65. The van der Waals surface area contributed by atoms with Crippen LogP contribution in [0.2, 0.25) is 0 Å². The van der Waals surface area contributed by atoms with E-state index in [0.717, 1.165) is 23.2 Å². The highest BCUT2D eigenvalue weighted by Gasteiger charge is 2.03. The molecule has 0 aliphatic carbocycles. The maximum Gasteiger partial charge on any atom is 0.153 e. The van der Waals surface area contributed by atoms with Gasteiger partial charge in [-0.3, -0.25) is 4.79 Å². The van der Waals surface area contributed by atoms with Crippen molar-refractivity contribution < 1.29 is 4.79 Å². The molecule has 0 aliphatic rings. The third-order valence-electron chi connectivity index (χ3n) is 1.96. The van der Waals surface area contributed by atoms with E-state index in [1.54, 1.807) is 0 Å². The van der Waals surface area contributed by atoms with Crippen LogP contribution in [-0.4, -0.2) is 15.7 Å². The Hall–Kier alpha value is -1.64. The second-order valence-corrected chi connectivity index (χ2v) is 3.20. The summed E-state index contributed by atoms with van der Waals surface area (Å²) < 4.78 is 1.88. The first-order chi connectivity index (χ1) is 6.20. The monoisotopic (exact) mass is 174 g/mol. The summed E-state index contributed by atoms with van der Waals surface area (Å²) in [5.41, 5.74) is 3.37. The molecule has 0 bridgehead atoms. The van der Waals surface area contributed by atoms with Gasteiger partial charge < -0.3 is 4.40 Å². The molecule has 13 heavy (non-hydrogen) atoms. The molecule has 0 N–H and O–H groups in total. The molecule has 2 rings (SSSR count). The molecule has 0 aliphatic heterocycles. The van der Waals surface area contributed by atoms with Crippen molar-refractivity contribution in [1.82, 2.24) is 9.38 Å². The minimum absolute atomic E-state index is 0.646. The number of hydrogen-bond acceptors (Lipinski definition) is 2. The smallest absolute Gasteiger partial charge is 0.153 e. The van der Waals surface area contributed by atoms with E-state index in [0.29, 0.717) is 5.56 Å². The highest BCUT2D eigenvalue weighted by atomic mass is 16.1. The lowest BCUT2D eigenvalue weighted by Gasteiger charge is -1.98. The predicted molar refractivity (Wildman–Crippen MR) is 50.1 cm³/mol. The van der Waals surface area contributed by atoms with Crippen LogP contribution in [0.15, 0.2) is 18.5 Å². The minimum atomic E-state index is 0.646. The Balaban J connectivity index is 2.88. The van der Waals surface area contributed by atoms with Crippen LogP contribution in [0.5, 0.6) is 0 Å². The molecule has 2 heterocycles. The molecule has 2 aromatic rings. The maximum absolute atomic E-state index is 10.7. The summed E-state index contributed by atoms with van der Waals surface area (Å²) in [5.74, 6) is 0. The highest BCUT2D eigenvalue weighted by molar-refractivity contribution is 5.84. The minimum Gasteiger partial charge on any atom is -0.306 e. The van der Waals surface area contributed by atoms with E-state index in [4.69, 9.17) is 0 Å². The summed E-state index contributed by atoms with van der Waals surface area (Å²) in [6.45, 7) is 3.87. The van der Waals surface area contributed by atoms with Gasteiger partial charge in [-0.1, -0.05) is 0 Å². The molecule has 0 amide bonds. The summed E-state index contributed by atoms with van der Waals surface area (Å²) in [5, 5.41) is 0. The van der Waals surface area contributed by atoms with Gasteiger partial charge in [0.25, 0.3) is 0 Å². The van der Waals surface area contributed by atoms with Gasteiger partial charge in [0.2, 0.25) is 0 Å². The fraction of sp³-hybridized carbons (Fsp3) is 0.200. The van der Waals surface area contributed by atoms with Gasteiger partial charge in [0.15, 0.2) is 6.29 Å². The first kappa shape index (κ1) is 7.98. The lowest BCUT2D eigenvalue weighted by Crippen LogP contribution is -1.91. The largest absolute Gasteiger partial charge is 0.306 e. The average Bonchev–Trinajstić information content (AvgIpc) is 2.43. The van der Waals surface area contributed by atoms with Crippen molar-refractivity contribution >= 4 is 11.9 Å². The van der Waals surface area contributed by atoms with Crippen molar-refractivity contribution in [2.45, 2.75) is 13.8 Å². The first-order valence-corrected chi connectivity index (χ1v) is 4.12. The second-order valence-electron chi connectivity index (χ2n) is 3.20. The molecule has 3 heteroatoms. The van der Waals surface area contributed by atoms with Crippen LogP contribution in [0.4, 0.5) is 0 Å². The third kappa shape index (κ3) is 1.22. The molecule has 0 fully saturated rings. The van der Waals surface area contributed by atoms with Gasteiger partial charge in [0.05, 0.1) is 11.3 Å². The van der Waals surface area contributed by atoms with Crippen LogP contribution in [0, 0.1) is 13.8 Å². The van der Waals surface area contributed by atoms with Crippen molar-refractivity contribution in [3.63, 3.8) is 0 Å². The lowest BCUT2D eigenvalue weighted by atomic mass is 10.2. The number of carbonyl (C=O) groups is 1. The molecule has 0 spiro atoms. The van der Waals surface area contributed by atoms with E-state index in [9.17, 15) is 4.79 Å². The Morgan fingerprint density at radius 2 is 2.15 bits per heavy atom. The summed E-state index contributed by atoms with van der Waals surface area (Å²) in [6.07, 6.45) is 4.71. The lowest BCUT2D eigenvalue weighted by molar-refractivity contribution is 0.112. The first-order valence-electron chi connectivity index (χ1n) is 4.12. The summed E-state index contributed by atoms with van der Waals surface area (Å²) >= 11 is 0. The third-order valence-corrected chi connectivity index (χ3v) is 1.96. The van der Waals surface area contributed by atoms with Gasteiger partial charge in [0, 0.05) is 12.4 Å². The van der Waals surface area contributed by atoms with Crippen molar-refractivity contribution in [2.75, 3.05) is 0 Å². The Morgan fingerprint density at radius 3 is 2.85 bits per heavy atom. The summed E-state index contributed by atoms with van der Waals surface area (Å²) in [4.78, 5) is 15.0. The Bertz CT molecular complexity index is 471. The fourth-order valence-corrected chi connectivity index (χ4v) is 1.48.